The Labute approximate surface area is 96.7 Å². The molecule has 0 bridgehead atoms. The van der Waals surface area contributed by atoms with Gasteiger partial charge in [-0.25, -0.2) is 13.1 Å². The van der Waals surface area contributed by atoms with Crippen LogP contribution in [0.4, 0.5) is 0 Å². The van der Waals surface area contributed by atoms with Gasteiger partial charge < -0.3 is 9.52 Å². The van der Waals surface area contributed by atoms with Crippen molar-refractivity contribution in [3.8, 4) is 0 Å². The number of furan rings is 1. The summed E-state index contributed by atoms with van der Waals surface area (Å²) in [6, 6.07) is 1.64. The third-order valence-corrected chi connectivity index (χ3v) is 4.55. The van der Waals surface area contributed by atoms with Crippen molar-refractivity contribution in [3.63, 3.8) is 0 Å². The van der Waals surface area contributed by atoms with Gasteiger partial charge >= 0.3 is 0 Å². The summed E-state index contributed by atoms with van der Waals surface area (Å²) >= 11 is 2.85. The van der Waals surface area contributed by atoms with Crippen LogP contribution in [-0.4, -0.2) is 24.7 Å². The Morgan fingerprint density at radius 1 is 1.60 bits per heavy atom. The highest BCUT2D eigenvalue weighted by molar-refractivity contribution is 9.10. The lowest BCUT2D eigenvalue weighted by Gasteiger charge is -2.08. The van der Waals surface area contributed by atoms with Crippen LogP contribution in [-0.2, 0) is 10.0 Å². The molecule has 15 heavy (non-hydrogen) atoms. The summed E-state index contributed by atoms with van der Waals surface area (Å²) in [4.78, 5) is 0. The number of hydrogen-bond donors (Lipinski definition) is 2. The van der Waals surface area contributed by atoms with Gasteiger partial charge in [0.1, 0.15) is 4.66 Å². The maximum absolute atomic E-state index is 11.0. The number of hydrogen-bond acceptors (Lipinski definition) is 4. The topological polar surface area (TPSA) is 79.5 Å². The molecule has 1 aromatic heterocycles. The monoisotopic (exact) mass is 297 g/mol. The predicted octanol–water partition coefficient (Wildman–Crippen LogP) is 0.975. The number of sulfonamides is 1. The third kappa shape index (κ3) is 4.33. The molecule has 0 spiro atoms. The number of halogens is 1. The highest BCUT2D eigenvalue weighted by Crippen LogP contribution is 2.15. The van der Waals surface area contributed by atoms with Crippen LogP contribution in [0.25, 0.3) is 0 Å². The first kappa shape index (κ1) is 12.7. The smallest absolute Gasteiger partial charge is 0.221 e. The maximum atomic E-state index is 11.0. The fourth-order valence-corrected chi connectivity index (χ4v) is 2.01. The van der Waals surface area contributed by atoms with Gasteiger partial charge in [0, 0.05) is 12.1 Å². The van der Waals surface area contributed by atoms with E-state index in [2.05, 4.69) is 20.7 Å². The fourth-order valence-electron chi connectivity index (χ4n) is 1.02. The van der Waals surface area contributed by atoms with E-state index in [4.69, 9.17) is 4.42 Å². The Hall–Kier alpha value is -0.370. The lowest BCUT2D eigenvalue weighted by molar-refractivity contribution is 0.168. The lowest BCUT2D eigenvalue weighted by atomic mass is 10.1. The zero-order chi connectivity index (χ0) is 11.3. The molecule has 0 fully saturated rings. The van der Waals surface area contributed by atoms with Crippen molar-refractivity contribution in [3.05, 3.63) is 24.2 Å². The van der Waals surface area contributed by atoms with Crippen LogP contribution in [0.15, 0.2) is 23.0 Å². The zero-order valence-electron chi connectivity index (χ0n) is 7.89. The molecular formula is C8H12BrNO4S. The van der Waals surface area contributed by atoms with Crippen LogP contribution in [0.5, 0.6) is 0 Å². The first-order valence-electron chi connectivity index (χ1n) is 4.28. The summed E-state index contributed by atoms with van der Waals surface area (Å²) < 4.78 is 29.0. The van der Waals surface area contributed by atoms with Gasteiger partial charge in [0.15, 0.2) is 0 Å². The number of aliphatic hydroxyl groups is 1. The normalized spacial score (nSPS) is 14.0. The van der Waals surface area contributed by atoms with Crippen LogP contribution in [0.1, 0.15) is 18.1 Å². The van der Waals surface area contributed by atoms with Gasteiger partial charge in [-0.05, 0) is 12.5 Å². The van der Waals surface area contributed by atoms with Crippen molar-refractivity contribution in [1.29, 1.82) is 0 Å². The molecule has 1 aromatic rings. The van der Waals surface area contributed by atoms with Crippen molar-refractivity contribution in [2.45, 2.75) is 12.5 Å². The van der Waals surface area contributed by atoms with Crippen LogP contribution in [0.3, 0.4) is 0 Å². The van der Waals surface area contributed by atoms with Crippen molar-refractivity contribution in [2.24, 2.45) is 0 Å². The highest BCUT2D eigenvalue weighted by Gasteiger charge is 2.11. The van der Waals surface area contributed by atoms with E-state index in [0.29, 0.717) is 12.0 Å². The lowest BCUT2D eigenvalue weighted by Crippen LogP contribution is -2.26. The molecule has 0 amide bonds. The second kappa shape index (κ2) is 5.64. The number of aliphatic hydroxyl groups excluding tert-OH is 1. The van der Waals surface area contributed by atoms with Gasteiger partial charge in [0.2, 0.25) is 10.0 Å². The summed E-state index contributed by atoms with van der Waals surface area (Å²) in [7, 11) is -3.25. The van der Waals surface area contributed by atoms with E-state index >= 15 is 0 Å². The molecule has 5 nitrogen and oxygen atoms in total. The molecular weight excluding hydrogens is 286 g/mol. The van der Waals surface area contributed by atoms with Crippen LogP contribution in [0, 0.1) is 0 Å². The Morgan fingerprint density at radius 2 is 2.33 bits per heavy atom. The molecule has 2 N–H and O–H groups in total. The number of nitrogens with one attached hydrogen (secondary N) is 1. The van der Waals surface area contributed by atoms with Crippen molar-refractivity contribution < 1.29 is 17.9 Å². The van der Waals surface area contributed by atoms with Crippen molar-refractivity contribution >= 4 is 26.0 Å². The molecule has 0 aliphatic carbocycles. The average Bonchev–Trinajstić information content (AvgIpc) is 2.70. The molecule has 7 heteroatoms. The largest absolute Gasteiger partial charge is 0.472 e. The van der Waals surface area contributed by atoms with Gasteiger partial charge in [-0.1, -0.05) is 15.9 Å². The molecule has 0 aromatic carbocycles. The van der Waals surface area contributed by atoms with Gasteiger partial charge in [0.05, 0.1) is 18.6 Å². The minimum atomic E-state index is -3.25. The minimum absolute atomic E-state index is 0.137. The molecule has 86 valence electrons. The van der Waals surface area contributed by atoms with Gasteiger partial charge in [0.25, 0.3) is 0 Å². The number of rotatable bonds is 6. The van der Waals surface area contributed by atoms with E-state index in [1.54, 1.807) is 6.07 Å². The fraction of sp³-hybridized carbons (Fsp3) is 0.500. The molecule has 1 unspecified atom stereocenters. The minimum Gasteiger partial charge on any atom is -0.472 e. The van der Waals surface area contributed by atoms with Crippen molar-refractivity contribution in [2.75, 3.05) is 11.2 Å². The molecule has 1 atom stereocenters. The predicted molar refractivity (Wildman–Crippen MR) is 59.0 cm³/mol. The SMILES string of the molecule is O=S(=O)(CBr)NCCC(O)c1ccoc1. The van der Waals surface area contributed by atoms with Crippen LogP contribution < -0.4 is 4.72 Å². The molecule has 0 aliphatic heterocycles. The Morgan fingerprint density at radius 3 is 2.87 bits per heavy atom. The second-order valence-corrected chi connectivity index (χ2v) is 6.09. The summed E-state index contributed by atoms with van der Waals surface area (Å²) in [5.74, 6) is 0. The molecule has 0 saturated carbocycles. The molecule has 1 rings (SSSR count). The third-order valence-electron chi connectivity index (χ3n) is 1.81. The van der Waals surface area contributed by atoms with E-state index in [9.17, 15) is 13.5 Å². The molecule has 0 saturated heterocycles. The van der Waals surface area contributed by atoms with E-state index in [1.165, 1.54) is 12.5 Å². The summed E-state index contributed by atoms with van der Waals surface area (Å²) in [5.41, 5.74) is 0.646. The Kier molecular flexibility index (Phi) is 4.78. The van der Waals surface area contributed by atoms with E-state index in [-0.39, 0.29) is 11.2 Å². The van der Waals surface area contributed by atoms with Crippen molar-refractivity contribution in [1.82, 2.24) is 4.72 Å². The molecule has 1 heterocycles. The van der Waals surface area contributed by atoms with E-state index in [1.807, 2.05) is 0 Å². The second-order valence-electron chi connectivity index (χ2n) is 2.98. The van der Waals surface area contributed by atoms with Gasteiger partial charge in [-0.2, -0.15) is 0 Å². The van der Waals surface area contributed by atoms with Crippen LogP contribution >= 0.6 is 15.9 Å². The van der Waals surface area contributed by atoms with E-state index in [0.717, 1.165) is 0 Å². The standard InChI is InChI=1S/C8H12BrNO4S/c9-6-15(12,13)10-3-1-8(11)7-2-4-14-5-7/h2,4-5,8,10-11H,1,3,6H2. The first-order chi connectivity index (χ1) is 7.05. The van der Waals surface area contributed by atoms with Gasteiger partial charge in [-0.15, -0.1) is 0 Å². The first-order valence-corrected chi connectivity index (χ1v) is 7.06. The van der Waals surface area contributed by atoms with E-state index < -0.39 is 16.1 Å². The summed E-state index contributed by atoms with van der Waals surface area (Å²) in [6.45, 7) is 0.195. The van der Waals surface area contributed by atoms with Crippen LogP contribution in [0.2, 0.25) is 0 Å². The highest BCUT2D eigenvalue weighted by atomic mass is 79.9. The maximum Gasteiger partial charge on any atom is 0.221 e. The molecule has 0 radical (unpaired) electrons. The number of alkyl halides is 1. The summed E-state index contributed by atoms with van der Waals surface area (Å²) in [5, 5.41) is 9.57. The molecule has 0 aliphatic rings. The quantitative estimate of drug-likeness (QED) is 0.767. The zero-order valence-corrected chi connectivity index (χ0v) is 10.3. The van der Waals surface area contributed by atoms with Gasteiger partial charge in [-0.3, -0.25) is 0 Å². The summed E-state index contributed by atoms with van der Waals surface area (Å²) in [6.07, 6.45) is 2.50. The Balaban J connectivity index is 2.33. The average molecular weight is 298 g/mol. The Bertz CT molecular complexity index is 375.